The molecule has 1 fully saturated rings. The van der Waals surface area contributed by atoms with Gasteiger partial charge >= 0.3 is 0 Å². The van der Waals surface area contributed by atoms with Gasteiger partial charge in [-0.15, -0.1) is 0 Å². The van der Waals surface area contributed by atoms with Crippen molar-refractivity contribution in [2.75, 3.05) is 11.4 Å². The van der Waals surface area contributed by atoms with Crippen molar-refractivity contribution in [1.29, 1.82) is 0 Å². The van der Waals surface area contributed by atoms with Crippen molar-refractivity contribution >= 4 is 34.2 Å². The van der Waals surface area contributed by atoms with E-state index in [0.717, 1.165) is 25.1 Å². The number of carbonyl (C=O) groups is 1. The van der Waals surface area contributed by atoms with Gasteiger partial charge in [0.2, 0.25) is 5.91 Å². The summed E-state index contributed by atoms with van der Waals surface area (Å²) in [7, 11) is 0. The van der Waals surface area contributed by atoms with Gasteiger partial charge < -0.3 is 4.90 Å². The van der Waals surface area contributed by atoms with Crippen LogP contribution in [0.5, 0.6) is 0 Å². The fraction of sp³-hybridized carbons (Fsp3) is 0.364. The van der Waals surface area contributed by atoms with Crippen molar-refractivity contribution in [1.82, 2.24) is 0 Å². The minimum absolute atomic E-state index is 0.262. The standard InChI is InChI=1S/C11H12INO/c12-9-4-3-5-10(8-9)13-7-2-1-6-11(13)14/h3-5,8H,1-2,6-7H2. The van der Waals surface area contributed by atoms with E-state index in [1.54, 1.807) is 0 Å². The van der Waals surface area contributed by atoms with Crippen LogP contribution in [-0.2, 0) is 4.79 Å². The highest BCUT2D eigenvalue weighted by Gasteiger charge is 2.19. The number of piperidine rings is 1. The maximum atomic E-state index is 11.6. The molecule has 0 atom stereocenters. The molecule has 0 saturated carbocycles. The number of hydrogen-bond acceptors (Lipinski definition) is 1. The van der Waals surface area contributed by atoms with E-state index in [1.807, 2.05) is 23.1 Å². The molecule has 1 amide bonds. The van der Waals surface area contributed by atoms with Gasteiger partial charge in [0.15, 0.2) is 0 Å². The number of carbonyl (C=O) groups excluding carboxylic acids is 1. The van der Waals surface area contributed by atoms with Crippen LogP contribution < -0.4 is 4.90 Å². The first-order valence-corrected chi connectivity index (χ1v) is 5.91. The minimum Gasteiger partial charge on any atom is -0.312 e. The lowest BCUT2D eigenvalue weighted by Crippen LogP contribution is -2.35. The zero-order valence-corrected chi connectivity index (χ0v) is 10.0. The monoisotopic (exact) mass is 301 g/mol. The molecule has 0 aromatic heterocycles. The van der Waals surface area contributed by atoms with Crippen LogP contribution in [0.25, 0.3) is 0 Å². The van der Waals surface area contributed by atoms with Crippen LogP contribution in [0, 0.1) is 3.57 Å². The summed E-state index contributed by atoms with van der Waals surface area (Å²) in [6.07, 6.45) is 2.86. The summed E-state index contributed by atoms with van der Waals surface area (Å²) >= 11 is 2.27. The third-order valence-corrected chi connectivity index (χ3v) is 3.11. The molecule has 14 heavy (non-hydrogen) atoms. The van der Waals surface area contributed by atoms with Crippen LogP contribution in [-0.4, -0.2) is 12.5 Å². The zero-order chi connectivity index (χ0) is 9.97. The molecule has 0 N–H and O–H groups in total. The zero-order valence-electron chi connectivity index (χ0n) is 7.87. The van der Waals surface area contributed by atoms with Gasteiger partial charge in [0, 0.05) is 22.2 Å². The molecule has 0 aliphatic carbocycles. The van der Waals surface area contributed by atoms with Crippen molar-refractivity contribution in [2.24, 2.45) is 0 Å². The molecule has 1 aromatic carbocycles. The van der Waals surface area contributed by atoms with Gasteiger partial charge in [-0.3, -0.25) is 4.79 Å². The van der Waals surface area contributed by atoms with Gasteiger partial charge in [-0.2, -0.15) is 0 Å². The lowest BCUT2D eigenvalue weighted by atomic mass is 10.1. The Balaban J connectivity index is 2.24. The molecule has 3 heteroatoms. The Hall–Kier alpha value is -0.580. The van der Waals surface area contributed by atoms with Crippen molar-refractivity contribution in [3.05, 3.63) is 27.8 Å². The van der Waals surface area contributed by atoms with E-state index in [2.05, 4.69) is 28.7 Å². The van der Waals surface area contributed by atoms with Crippen LogP contribution in [0.15, 0.2) is 24.3 Å². The molecule has 1 aromatic rings. The quantitative estimate of drug-likeness (QED) is 0.730. The lowest BCUT2D eigenvalue weighted by Gasteiger charge is -2.26. The van der Waals surface area contributed by atoms with E-state index in [-0.39, 0.29) is 5.91 Å². The second-order valence-corrected chi connectivity index (χ2v) is 4.73. The Bertz CT molecular complexity index is 351. The Kier molecular flexibility index (Phi) is 3.05. The number of rotatable bonds is 1. The summed E-state index contributed by atoms with van der Waals surface area (Å²) in [5.41, 5.74) is 1.04. The average molecular weight is 301 g/mol. The van der Waals surface area contributed by atoms with Crippen LogP contribution in [0.1, 0.15) is 19.3 Å². The minimum atomic E-state index is 0.262. The summed E-state index contributed by atoms with van der Waals surface area (Å²) in [5, 5.41) is 0. The van der Waals surface area contributed by atoms with Crippen molar-refractivity contribution in [3.8, 4) is 0 Å². The maximum Gasteiger partial charge on any atom is 0.226 e. The van der Waals surface area contributed by atoms with E-state index < -0.39 is 0 Å². The number of benzene rings is 1. The number of anilines is 1. The molecule has 2 rings (SSSR count). The topological polar surface area (TPSA) is 20.3 Å². The predicted octanol–water partition coefficient (Wildman–Crippen LogP) is 2.81. The molecule has 0 bridgehead atoms. The molecule has 74 valence electrons. The molecular formula is C11H12INO. The summed E-state index contributed by atoms with van der Waals surface area (Å²) in [5.74, 6) is 0.262. The fourth-order valence-corrected chi connectivity index (χ4v) is 2.25. The molecule has 0 radical (unpaired) electrons. The van der Waals surface area contributed by atoms with Gasteiger partial charge in [0.25, 0.3) is 0 Å². The van der Waals surface area contributed by atoms with Crippen LogP contribution in [0.2, 0.25) is 0 Å². The Morgan fingerprint density at radius 2 is 2.14 bits per heavy atom. The SMILES string of the molecule is O=C1CCCCN1c1cccc(I)c1. The number of nitrogens with zero attached hydrogens (tertiary/aromatic N) is 1. The molecule has 0 spiro atoms. The normalized spacial score (nSPS) is 17.2. The molecule has 2 nitrogen and oxygen atoms in total. The van der Waals surface area contributed by atoms with E-state index >= 15 is 0 Å². The second-order valence-electron chi connectivity index (χ2n) is 3.48. The van der Waals surface area contributed by atoms with Crippen molar-refractivity contribution in [2.45, 2.75) is 19.3 Å². The van der Waals surface area contributed by atoms with Crippen molar-refractivity contribution in [3.63, 3.8) is 0 Å². The number of hydrogen-bond donors (Lipinski definition) is 0. The van der Waals surface area contributed by atoms with Gasteiger partial charge in [0.1, 0.15) is 0 Å². The third-order valence-electron chi connectivity index (χ3n) is 2.44. The van der Waals surface area contributed by atoms with Crippen LogP contribution in [0.4, 0.5) is 5.69 Å². The highest BCUT2D eigenvalue weighted by Crippen LogP contribution is 2.22. The summed E-state index contributed by atoms with van der Waals surface area (Å²) in [6.45, 7) is 0.874. The molecule has 1 aliphatic heterocycles. The third kappa shape index (κ3) is 2.08. The molecular weight excluding hydrogens is 289 g/mol. The summed E-state index contributed by atoms with van der Waals surface area (Å²) < 4.78 is 1.18. The maximum absolute atomic E-state index is 11.6. The predicted molar refractivity (Wildman–Crippen MR) is 65.4 cm³/mol. The highest BCUT2D eigenvalue weighted by molar-refractivity contribution is 14.1. The Morgan fingerprint density at radius 3 is 2.86 bits per heavy atom. The number of amides is 1. The van der Waals surface area contributed by atoms with Gasteiger partial charge in [-0.25, -0.2) is 0 Å². The van der Waals surface area contributed by atoms with E-state index in [4.69, 9.17) is 0 Å². The molecule has 1 heterocycles. The van der Waals surface area contributed by atoms with Crippen LogP contribution >= 0.6 is 22.6 Å². The van der Waals surface area contributed by atoms with Crippen molar-refractivity contribution < 1.29 is 4.79 Å². The molecule has 1 aliphatic rings. The average Bonchev–Trinajstić information content (AvgIpc) is 2.18. The first-order chi connectivity index (χ1) is 6.77. The Morgan fingerprint density at radius 1 is 1.29 bits per heavy atom. The van der Waals surface area contributed by atoms with Gasteiger partial charge in [0.05, 0.1) is 0 Å². The van der Waals surface area contributed by atoms with Crippen LogP contribution in [0.3, 0.4) is 0 Å². The summed E-state index contributed by atoms with van der Waals surface area (Å²) in [6, 6.07) is 8.10. The summed E-state index contributed by atoms with van der Waals surface area (Å²) in [4.78, 5) is 13.5. The molecule has 0 unspecified atom stereocenters. The number of halogens is 1. The van der Waals surface area contributed by atoms with Gasteiger partial charge in [-0.05, 0) is 53.6 Å². The van der Waals surface area contributed by atoms with Gasteiger partial charge in [-0.1, -0.05) is 6.07 Å². The first-order valence-electron chi connectivity index (χ1n) is 4.83. The fourth-order valence-electron chi connectivity index (χ4n) is 1.72. The first kappa shape index (κ1) is 9.96. The highest BCUT2D eigenvalue weighted by atomic mass is 127. The van der Waals surface area contributed by atoms with E-state index in [9.17, 15) is 4.79 Å². The molecule has 1 saturated heterocycles. The largest absolute Gasteiger partial charge is 0.312 e. The smallest absolute Gasteiger partial charge is 0.226 e. The second kappa shape index (κ2) is 4.29. The van der Waals surface area contributed by atoms with E-state index in [1.165, 1.54) is 3.57 Å². The lowest BCUT2D eigenvalue weighted by molar-refractivity contribution is -0.119. The Labute approximate surface area is 97.4 Å². The van der Waals surface area contributed by atoms with E-state index in [0.29, 0.717) is 6.42 Å².